The Bertz CT molecular complexity index is 4660. The molecular formula is C61H58Cl3F9N20O5. The minimum absolute atomic E-state index is 0.0159. The smallest absolute Gasteiger partial charge is 0.420 e. The van der Waals surface area contributed by atoms with Gasteiger partial charge >= 0.3 is 18.5 Å². The molecule has 2 aliphatic heterocycles. The van der Waals surface area contributed by atoms with Gasteiger partial charge in [-0.05, 0) is 146 Å². The van der Waals surface area contributed by atoms with Crippen LogP contribution in [0.3, 0.4) is 0 Å². The number of alkyl halides is 9. The summed E-state index contributed by atoms with van der Waals surface area (Å²) >= 11 is 17.2. The molecule has 2 fully saturated rings. The summed E-state index contributed by atoms with van der Waals surface area (Å²) in [5.74, 6) is 1.68. The van der Waals surface area contributed by atoms with Crippen molar-refractivity contribution in [2.75, 3.05) is 68.9 Å². The number of hydrogen-bond acceptors (Lipinski definition) is 19. The van der Waals surface area contributed by atoms with Gasteiger partial charge in [0.15, 0.2) is 16.8 Å². The second kappa shape index (κ2) is 30.5. The molecule has 2 atom stereocenters. The fourth-order valence-electron chi connectivity index (χ4n) is 10.2. The monoisotopic (exact) mass is 1430 g/mol. The molecule has 0 spiro atoms. The number of benzene rings is 3. The van der Waals surface area contributed by atoms with Gasteiger partial charge in [-0.1, -0.05) is 11.6 Å². The van der Waals surface area contributed by atoms with E-state index in [0.717, 1.165) is 56.1 Å². The molecule has 0 aliphatic carbocycles. The van der Waals surface area contributed by atoms with Crippen LogP contribution in [0.15, 0.2) is 147 Å². The van der Waals surface area contributed by atoms with E-state index in [9.17, 15) is 44.6 Å². The van der Waals surface area contributed by atoms with Crippen LogP contribution in [0.2, 0.25) is 15.7 Å². The molecule has 9 aromatic heterocycles. The normalized spacial score (nSPS) is 14.6. The number of aromatic nitrogens is 15. The maximum atomic E-state index is 13.4. The van der Waals surface area contributed by atoms with E-state index in [1.54, 1.807) is 50.5 Å². The van der Waals surface area contributed by atoms with Crippen LogP contribution in [-0.4, -0.2) is 142 Å². The molecule has 98 heavy (non-hydrogen) atoms. The number of nitrogens with two attached hydrogens (primary N) is 1. The first-order chi connectivity index (χ1) is 46.8. The van der Waals surface area contributed by atoms with Crippen LogP contribution in [0.4, 0.5) is 74.6 Å². The van der Waals surface area contributed by atoms with Gasteiger partial charge in [0.25, 0.3) is 0 Å². The number of fused-ring (bicyclic) bond motifs is 3. The highest BCUT2D eigenvalue weighted by Crippen LogP contribution is 2.40. The number of rotatable bonds is 13. The molecule has 14 rings (SSSR count). The Morgan fingerprint density at radius 2 is 1.00 bits per heavy atom. The standard InChI is InChI=1S/C22H22F3N7O2.C17H12ClF3N6O.C11H10F3N3O.C6H3Cl2N3.C5H11NO/c1-34-18-7-6-14(10-16(18)22(23,24)25)30-11-19(26-13-30)27-20-17-5-3-9-32(17)29-21(28-20)31-8-2-4-15(31)12-33;1-28-13-5-4-10(7-11(13)17(19,20)21)26-8-14(22-9-26)23-15-12-3-2-6-27(12)25-16(18)24-15;1-18-9-3-2-7(4-8(9)11(12,13)14)17-5-10(15)16-6-17;7-5-4-2-1-3-11(4)10-6(8)9-5;7-4-5-2-1-3-6-5/h3,5-7,9-11,13,15,33H,2,4,8,12H2,1H3,(H,27,28,29);2-9H,1H3,(H,23,24,25);2-6H,15H2,1H3;1-3H;5-7H,1-4H2/t15-;;;;5-/m0...0/s1. The second-order valence-electron chi connectivity index (χ2n) is 21.3. The molecule has 2 saturated heterocycles. The number of aliphatic hydroxyl groups excluding tert-OH is 2. The molecule has 0 unspecified atom stereocenters. The zero-order valence-electron chi connectivity index (χ0n) is 51.6. The number of methoxy groups -OCH3 is 3. The summed E-state index contributed by atoms with van der Waals surface area (Å²) in [4.78, 5) is 26.7. The van der Waals surface area contributed by atoms with Crippen LogP contribution in [0.1, 0.15) is 42.4 Å². The maximum absolute atomic E-state index is 13.4. The SMILES string of the molecule is COc1ccc(-n2cnc(N)c2)cc1C(F)(F)F.COc1ccc(-n2cnc(Nc3nc(Cl)nn4cccc34)c2)cc1C(F)(F)F.COc1ccc(-n2cnc(Nc3nc(N4CCC[C@H]4CO)nn4cccc34)c2)cc1C(F)(F)F.Clc1nc(Cl)c2cccn2n1.OC[C@@H]1CCCN1. The van der Waals surface area contributed by atoms with E-state index in [1.165, 1.54) is 109 Å². The van der Waals surface area contributed by atoms with Gasteiger partial charge in [-0.25, -0.2) is 33.5 Å². The van der Waals surface area contributed by atoms with Crippen molar-refractivity contribution in [2.45, 2.75) is 56.3 Å². The number of aliphatic hydroxyl groups is 2. The molecule has 516 valence electrons. The highest BCUT2D eigenvalue weighted by atomic mass is 35.5. The summed E-state index contributed by atoms with van der Waals surface area (Å²) in [7, 11) is 3.59. The van der Waals surface area contributed by atoms with Crippen molar-refractivity contribution < 1.29 is 63.9 Å². The van der Waals surface area contributed by atoms with Crippen LogP contribution in [0.25, 0.3) is 33.6 Å². The van der Waals surface area contributed by atoms with Crippen molar-refractivity contribution in [3.05, 3.63) is 180 Å². The maximum Gasteiger partial charge on any atom is 0.420 e. The van der Waals surface area contributed by atoms with Crippen LogP contribution in [0, 0.1) is 0 Å². The third-order valence-electron chi connectivity index (χ3n) is 14.9. The quantitative estimate of drug-likeness (QED) is 0.0585. The molecule has 3 aromatic carbocycles. The van der Waals surface area contributed by atoms with Gasteiger partial charge in [-0.15, -0.1) is 15.3 Å². The molecule has 0 radical (unpaired) electrons. The van der Waals surface area contributed by atoms with Gasteiger partial charge in [0.05, 0.1) is 75.9 Å². The zero-order chi connectivity index (χ0) is 70.1. The van der Waals surface area contributed by atoms with E-state index in [1.807, 2.05) is 29.2 Å². The summed E-state index contributed by atoms with van der Waals surface area (Å²) in [6.07, 6.45) is 4.58. The first-order valence-corrected chi connectivity index (χ1v) is 30.4. The summed E-state index contributed by atoms with van der Waals surface area (Å²) in [6.45, 7) is 2.15. The average molecular weight is 1430 g/mol. The summed E-state index contributed by atoms with van der Waals surface area (Å²) < 4.78 is 142. The molecule has 25 nitrogen and oxygen atoms in total. The van der Waals surface area contributed by atoms with E-state index < -0.39 is 35.2 Å². The number of anilines is 6. The van der Waals surface area contributed by atoms with Crippen LogP contribution < -0.4 is 40.8 Å². The van der Waals surface area contributed by atoms with Gasteiger partial charge in [0, 0.05) is 48.2 Å². The second-order valence-corrected chi connectivity index (χ2v) is 22.3. The molecule has 7 N–H and O–H groups in total. The predicted molar refractivity (Wildman–Crippen MR) is 346 cm³/mol. The first kappa shape index (κ1) is 70.7. The lowest BCUT2D eigenvalue weighted by Gasteiger charge is -2.23. The Hall–Kier alpha value is -10.1. The Kier molecular flexibility index (Phi) is 22.0. The van der Waals surface area contributed by atoms with Crippen molar-refractivity contribution in [3.63, 3.8) is 0 Å². The highest BCUT2D eigenvalue weighted by molar-refractivity contribution is 6.34. The Morgan fingerprint density at radius 3 is 1.43 bits per heavy atom. The van der Waals surface area contributed by atoms with Crippen molar-refractivity contribution in [1.82, 2.24) is 77.8 Å². The molecule has 37 heteroatoms. The molecule has 0 saturated carbocycles. The third kappa shape index (κ3) is 17.0. The largest absolute Gasteiger partial charge is 0.496 e. The fraction of sp³-hybridized carbons (Fsp3) is 0.262. The average Bonchev–Trinajstić information content (AvgIpc) is 1.52. The fourth-order valence-corrected chi connectivity index (χ4v) is 10.8. The van der Waals surface area contributed by atoms with E-state index in [4.69, 9.17) is 59.9 Å². The van der Waals surface area contributed by atoms with E-state index >= 15 is 0 Å². The van der Waals surface area contributed by atoms with E-state index in [-0.39, 0.29) is 57.7 Å². The molecular weight excluding hydrogens is 1370 g/mol. The third-order valence-corrected chi connectivity index (χ3v) is 15.5. The Morgan fingerprint density at radius 1 is 0.551 bits per heavy atom. The van der Waals surface area contributed by atoms with Crippen molar-refractivity contribution in [3.8, 4) is 34.3 Å². The minimum Gasteiger partial charge on any atom is -0.496 e. The summed E-state index contributed by atoms with van der Waals surface area (Å²) in [5, 5.41) is 40.5. The highest BCUT2D eigenvalue weighted by Gasteiger charge is 2.37. The first-order valence-electron chi connectivity index (χ1n) is 29.3. The van der Waals surface area contributed by atoms with Gasteiger partial charge in [-0.3, -0.25) is 0 Å². The van der Waals surface area contributed by atoms with Gasteiger partial charge in [0.1, 0.15) is 70.2 Å². The summed E-state index contributed by atoms with van der Waals surface area (Å²) in [5.41, 5.74) is 5.86. The lowest BCUT2D eigenvalue weighted by Crippen LogP contribution is -2.34. The van der Waals surface area contributed by atoms with Gasteiger partial charge < -0.3 is 64.7 Å². The lowest BCUT2D eigenvalue weighted by molar-refractivity contribution is -0.139. The molecule has 12 aromatic rings. The van der Waals surface area contributed by atoms with Gasteiger partial charge in [0.2, 0.25) is 16.5 Å². The summed E-state index contributed by atoms with van der Waals surface area (Å²) in [6, 6.07) is 22.6. The van der Waals surface area contributed by atoms with Crippen LogP contribution >= 0.6 is 34.8 Å². The molecule has 11 heterocycles. The van der Waals surface area contributed by atoms with E-state index in [0.29, 0.717) is 63.7 Å². The van der Waals surface area contributed by atoms with Crippen molar-refractivity contribution in [2.24, 2.45) is 0 Å². The number of halogens is 12. The number of imidazole rings is 3. The van der Waals surface area contributed by atoms with Crippen LogP contribution in [-0.2, 0) is 18.5 Å². The van der Waals surface area contributed by atoms with E-state index in [2.05, 4.69) is 61.2 Å². The lowest BCUT2D eigenvalue weighted by atomic mass is 10.1. The molecule has 0 amide bonds. The van der Waals surface area contributed by atoms with Crippen molar-refractivity contribution >= 4 is 86.4 Å². The number of nitrogens with one attached hydrogen (secondary N) is 3. The van der Waals surface area contributed by atoms with Crippen LogP contribution in [0.5, 0.6) is 17.2 Å². The minimum atomic E-state index is -4.55. The number of hydrogen-bond donors (Lipinski definition) is 6. The zero-order valence-corrected chi connectivity index (χ0v) is 53.8. The molecule has 0 bridgehead atoms. The van der Waals surface area contributed by atoms with Gasteiger partial charge in [-0.2, -0.15) is 49.5 Å². The number of nitrogen functional groups attached to an aromatic ring is 1. The molecule has 2 aliphatic rings. The van der Waals surface area contributed by atoms with Crippen molar-refractivity contribution in [1.29, 1.82) is 0 Å². The number of nitrogens with zero attached hydrogens (tertiary/aromatic N) is 16. The predicted octanol–water partition coefficient (Wildman–Crippen LogP) is 12.2. The Balaban J connectivity index is 0.000000145. The number of ether oxygens (including phenoxy) is 3. The Labute approximate surface area is 564 Å². The topological polar surface area (TPSA) is 278 Å².